The zero-order valence-corrected chi connectivity index (χ0v) is 13.2. The Morgan fingerprint density at radius 1 is 1.20 bits per heavy atom. The zero-order chi connectivity index (χ0) is 14.8. The normalized spacial score (nSPS) is 11.3. The predicted octanol–water partition coefficient (Wildman–Crippen LogP) is 3.50. The first-order valence-corrected chi connectivity index (χ1v) is 7.48. The summed E-state index contributed by atoms with van der Waals surface area (Å²) >= 11 is 1.52. The van der Waals surface area contributed by atoms with Crippen LogP contribution in [0, 0.1) is 12.3 Å². The van der Waals surface area contributed by atoms with Crippen molar-refractivity contribution in [3.63, 3.8) is 0 Å². The number of nitrogens with zero attached hydrogens (tertiary/aromatic N) is 3. The largest absolute Gasteiger partial charge is 0.305 e. The lowest BCUT2D eigenvalue weighted by molar-refractivity contribution is 0.590. The Morgan fingerprint density at radius 2 is 1.85 bits per heavy atom. The van der Waals surface area contributed by atoms with Gasteiger partial charge in [0.1, 0.15) is 0 Å². The van der Waals surface area contributed by atoms with Gasteiger partial charge in [-0.1, -0.05) is 62.7 Å². The summed E-state index contributed by atoms with van der Waals surface area (Å²) in [5.74, 6) is 4.07. The first kappa shape index (κ1) is 14.7. The van der Waals surface area contributed by atoms with Crippen LogP contribution in [0.5, 0.6) is 0 Å². The van der Waals surface area contributed by atoms with Crippen LogP contribution in [0.2, 0.25) is 0 Å². The van der Waals surface area contributed by atoms with Crippen LogP contribution in [0.25, 0.3) is 11.4 Å². The summed E-state index contributed by atoms with van der Waals surface area (Å²) in [6.45, 7) is 6.62. The molecule has 104 valence electrons. The molecular weight excluding hydrogens is 266 g/mol. The van der Waals surface area contributed by atoms with E-state index >= 15 is 0 Å². The number of hydrogen-bond acceptors (Lipinski definition) is 3. The summed E-state index contributed by atoms with van der Waals surface area (Å²) in [5, 5.41) is 9.28. The molecule has 4 heteroatoms. The van der Waals surface area contributed by atoms with Crippen LogP contribution in [-0.2, 0) is 12.5 Å². The highest BCUT2D eigenvalue weighted by Crippen LogP contribution is 2.26. The van der Waals surface area contributed by atoms with E-state index in [2.05, 4.69) is 61.2 Å². The third-order valence-electron chi connectivity index (χ3n) is 3.13. The molecule has 0 aliphatic heterocycles. The minimum atomic E-state index is 0.159. The van der Waals surface area contributed by atoms with Crippen molar-refractivity contribution in [2.24, 2.45) is 7.05 Å². The molecule has 0 unspecified atom stereocenters. The summed E-state index contributed by atoms with van der Waals surface area (Å²) in [6.07, 6.45) is 5.27. The molecule has 1 heterocycles. The van der Waals surface area contributed by atoms with Crippen molar-refractivity contribution < 1.29 is 0 Å². The molecule has 0 aliphatic rings. The summed E-state index contributed by atoms with van der Waals surface area (Å²) in [5.41, 5.74) is 2.54. The van der Waals surface area contributed by atoms with E-state index in [1.165, 1.54) is 17.3 Å². The minimum Gasteiger partial charge on any atom is -0.305 e. The second-order valence-corrected chi connectivity index (χ2v) is 6.63. The maximum Gasteiger partial charge on any atom is 0.192 e. The van der Waals surface area contributed by atoms with Gasteiger partial charge < -0.3 is 4.57 Å². The van der Waals surface area contributed by atoms with Crippen molar-refractivity contribution in [1.82, 2.24) is 14.8 Å². The predicted molar refractivity (Wildman–Crippen MR) is 84.7 cm³/mol. The number of rotatable bonds is 3. The highest BCUT2D eigenvalue weighted by molar-refractivity contribution is 7.99. The molecule has 0 spiro atoms. The zero-order valence-electron chi connectivity index (χ0n) is 12.3. The standard InChI is InChI=1S/C16H19N3S/c1-6-11-20-15-18-17-14(19(15)5)12-7-9-13(10-8-12)16(2,3)4/h1,7-10H,11H2,2-5H3. The van der Waals surface area contributed by atoms with E-state index in [1.54, 1.807) is 0 Å². The van der Waals surface area contributed by atoms with Crippen LogP contribution in [0.15, 0.2) is 29.4 Å². The van der Waals surface area contributed by atoms with E-state index in [1.807, 2.05) is 11.6 Å². The van der Waals surface area contributed by atoms with Crippen molar-refractivity contribution >= 4 is 11.8 Å². The van der Waals surface area contributed by atoms with Gasteiger partial charge in [-0.3, -0.25) is 0 Å². The number of thioether (sulfide) groups is 1. The summed E-state index contributed by atoms with van der Waals surface area (Å²) in [6, 6.07) is 8.50. The van der Waals surface area contributed by atoms with E-state index in [9.17, 15) is 0 Å². The lowest BCUT2D eigenvalue weighted by Gasteiger charge is -2.19. The van der Waals surface area contributed by atoms with Gasteiger partial charge in [-0.25, -0.2) is 0 Å². The fraction of sp³-hybridized carbons (Fsp3) is 0.375. The molecule has 20 heavy (non-hydrogen) atoms. The van der Waals surface area contributed by atoms with E-state index in [0.717, 1.165) is 16.5 Å². The molecule has 2 aromatic rings. The Hall–Kier alpha value is -1.73. The third kappa shape index (κ3) is 3.05. The van der Waals surface area contributed by atoms with Gasteiger partial charge in [-0.2, -0.15) is 0 Å². The topological polar surface area (TPSA) is 30.7 Å². The SMILES string of the molecule is C#CCSc1nnc(-c2ccc(C(C)(C)C)cc2)n1C. The van der Waals surface area contributed by atoms with Crippen LogP contribution in [0.1, 0.15) is 26.3 Å². The molecule has 0 radical (unpaired) electrons. The molecule has 0 fully saturated rings. The summed E-state index contributed by atoms with van der Waals surface area (Å²) in [4.78, 5) is 0. The smallest absolute Gasteiger partial charge is 0.192 e. The van der Waals surface area contributed by atoms with Crippen molar-refractivity contribution in [2.75, 3.05) is 5.75 Å². The number of hydrogen-bond donors (Lipinski definition) is 0. The second-order valence-electron chi connectivity index (χ2n) is 5.69. The van der Waals surface area contributed by atoms with Gasteiger partial charge in [0.25, 0.3) is 0 Å². The highest BCUT2D eigenvalue weighted by Gasteiger charge is 2.15. The molecule has 0 bridgehead atoms. The van der Waals surface area contributed by atoms with Crippen molar-refractivity contribution in [3.8, 4) is 23.7 Å². The number of terminal acetylenes is 1. The number of aromatic nitrogens is 3. The van der Waals surface area contributed by atoms with E-state index in [0.29, 0.717) is 5.75 Å². The van der Waals surface area contributed by atoms with Crippen LogP contribution in [0.4, 0.5) is 0 Å². The molecule has 0 atom stereocenters. The van der Waals surface area contributed by atoms with Gasteiger partial charge in [0.2, 0.25) is 0 Å². The Balaban J connectivity index is 2.29. The first-order chi connectivity index (χ1) is 9.43. The summed E-state index contributed by atoms with van der Waals surface area (Å²) < 4.78 is 1.98. The highest BCUT2D eigenvalue weighted by atomic mass is 32.2. The van der Waals surface area contributed by atoms with Crippen molar-refractivity contribution in [1.29, 1.82) is 0 Å². The average Bonchev–Trinajstić information content (AvgIpc) is 2.77. The first-order valence-electron chi connectivity index (χ1n) is 6.50. The molecule has 1 aromatic heterocycles. The van der Waals surface area contributed by atoms with Gasteiger partial charge >= 0.3 is 0 Å². The fourth-order valence-electron chi connectivity index (χ4n) is 1.92. The van der Waals surface area contributed by atoms with Gasteiger partial charge in [-0.15, -0.1) is 16.6 Å². The molecule has 2 rings (SSSR count). The molecule has 1 aromatic carbocycles. The Labute approximate surface area is 124 Å². The van der Waals surface area contributed by atoms with Gasteiger partial charge in [-0.05, 0) is 11.0 Å². The average molecular weight is 285 g/mol. The monoisotopic (exact) mass is 285 g/mol. The molecule has 0 saturated carbocycles. The quantitative estimate of drug-likeness (QED) is 0.639. The van der Waals surface area contributed by atoms with Gasteiger partial charge in [0.05, 0.1) is 5.75 Å². The van der Waals surface area contributed by atoms with Crippen molar-refractivity contribution in [2.45, 2.75) is 31.3 Å². The van der Waals surface area contributed by atoms with E-state index in [4.69, 9.17) is 6.42 Å². The molecular formula is C16H19N3S. The minimum absolute atomic E-state index is 0.159. The Morgan fingerprint density at radius 3 is 2.40 bits per heavy atom. The fourth-order valence-corrected chi connectivity index (χ4v) is 2.51. The van der Waals surface area contributed by atoms with Crippen molar-refractivity contribution in [3.05, 3.63) is 29.8 Å². The van der Waals surface area contributed by atoms with Gasteiger partial charge in [0, 0.05) is 12.6 Å². The number of benzene rings is 1. The Kier molecular flexibility index (Phi) is 4.20. The van der Waals surface area contributed by atoms with Crippen LogP contribution >= 0.6 is 11.8 Å². The lowest BCUT2D eigenvalue weighted by atomic mass is 9.87. The van der Waals surface area contributed by atoms with Crippen LogP contribution in [-0.4, -0.2) is 20.5 Å². The maximum absolute atomic E-state index is 5.27. The van der Waals surface area contributed by atoms with E-state index < -0.39 is 0 Å². The van der Waals surface area contributed by atoms with Crippen LogP contribution < -0.4 is 0 Å². The maximum atomic E-state index is 5.27. The molecule has 0 saturated heterocycles. The van der Waals surface area contributed by atoms with E-state index in [-0.39, 0.29) is 5.41 Å². The molecule has 0 aliphatic carbocycles. The molecule has 0 N–H and O–H groups in total. The Bertz CT molecular complexity index is 627. The second kappa shape index (κ2) is 5.72. The third-order valence-corrected chi connectivity index (χ3v) is 4.05. The van der Waals surface area contributed by atoms with Crippen LogP contribution in [0.3, 0.4) is 0 Å². The molecule has 3 nitrogen and oxygen atoms in total. The summed E-state index contributed by atoms with van der Waals surface area (Å²) in [7, 11) is 1.96. The molecule has 0 amide bonds. The van der Waals surface area contributed by atoms with Gasteiger partial charge in [0.15, 0.2) is 11.0 Å². The lowest BCUT2D eigenvalue weighted by Crippen LogP contribution is -2.10.